The van der Waals surface area contributed by atoms with Gasteiger partial charge < -0.3 is 19.7 Å². The number of ketones is 1. The van der Waals surface area contributed by atoms with Crippen LogP contribution in [0.5, 0.6) is 5.75 Å². The van der Waals surface area contributed by atoms with Crippen molar-refractivity contribution in [3.63, 3.8) is 0 Å². The second-order valence-corrected chi connectivity index (χ2v) is 7.40. The number of nitrogens with one attached hydrogen (secondary N) is 1. The lowest BCUT2D eigenvalue weighted by atomic mass is 10.0. The number of hydrogen-bond acceptors (Lipinski definition) is 6. The fourth-order valence-corrected chi connectivity index (χ4v) is 3.96. The van der Waals surface area contributed by atoms with E-state index in [-0.39, 0.29) is 17.6 Å². The van der Waals surface area contributed by atoms with Crippen LogP contribution >= 0.6 is 0 Å². The molecule has 1 aromatic heterocycles. The third kappa shape index (κ3) is 4.15. The van der Waals surface area contributed by atoms with Crippen molar-refractivity contribution in [1.29, 1.82) is 0 Å². The lowest BCUT2D eigenvalue weighted by Gasteiger charge is -2.38. The number of aromatic amines is 1. The molecule has 0 aliphatic carbocycles. The van der Waals surface area contributed by atoms with Gasteiger partial charge in [-0.3, -0.25) is 9.69 Å². The van der Waals surface area contributed by atoms with Crippen molar-refractivity contribution >= 4 is 17.4 Å². The normalized spacial score (nSPS) is 15.9. The maximum absolute atomic E-state index is 13.1. The fourth-order valence-electron chi connectivity index (χ4n) is 3.96. The Labute approximate surface area is 171 Å². The summed E-state index contributed by atoms with van der Waals surface area (Å²) < 4.78 is 5.12. The fraction of sp³-hybridized carbons (Fsp3) is 0.455. The lowest BCUT2D eigenvalue weighted by Crippen LogP contribution is -2.51. The van der Waals surface area contributed by atoms with Crippen molar-refractivity contribution in [2.45, 2.75) is 33.7 Å². The van der Waals surface area contributed by atoms with Crippen molar-refractivity contribution in [2.75, 3.05) is 37.7 Å². The molecule has 0 saturated carbocycles. The summed E-state index contributed by atoms with van der Waals surface area (Å²) in [5, 5.41) is 10.1. The molecule has 2 heterocycles. The van der Waals surface area contributed by atoms with Crippen molar-refractivity contribution in [3.05, 3.63) is 46.8 Å². The molecule has 1 aliphatic rings. The SMILES string of the molecule is CCOC(=O)c1c(C)[nH]c(C(=O)[C@@H](C)N2CCN(c3ccccc3O)CC2)c1C. The van der Waals surface area contributed by atoms with Gasteiger partial charge in [-0.25, -0.2) is 4.79 Å². The van der Waals surface area contributed by atoms with E-state index in [1.807, 2.05) is 19.1 Å². The van der Waals surface area contributed by atoms with E-state index in [0.717, 1.165) is 18.8 Å². The van der Waals surface area contributed by atoms with Gasteiger partial charge in [0, 0.05) is 31.9 Å². The standard InChI is InChI=1S/C22H29N3O4/c1-5-29-22(28)19-14(2)20(23-15(19)3)21(27)16(4)24-10-12-25(13-11-24)17-8-6-7-9-18(17)26/h6-9,16,23,26H,5,10-13H2,1-4H3/t16-/m1/s1. The number of phenols is 1. The zero-order valence-electron chi connectivity index (χ0n) is 17.5. The van der Waals surface area contributed by atoms with Gasteiger partial charge in [-0.2, -0.15) is 0 Å². The predicted octanol–water partition coefficient (Wildman–Crippen LogP) is 2.91. The number of H-pyrrole nitrogens is 1. The summed E-state index contributed by atoms with van der Waals surface area (Å²) in [6.45, 7) is 10.4. The molecule has 7 heteroatoms. The quantitative estimate of drug-likeness (QED) is 0.574. The highest BCUT2D eigenvalue weighted by atomic mass is 16.5. The summed E-state index contributed by atoms with van der Waals surface area (Å²) in [4.78, 5) is 32.7. The molecule has 2 N–H and O–H groups in total. The molecule has 0 radical (unpaired) electrons. The number of hydrogen-bond donors (Lipinski definition) is 2. The van der Waals surface area contributed by atoms with Gasteiger partial charge >= 0.3 is 5.97 Å². The van der Waals surface area contributed by atoms with Gasteiger partial charge in [-0.15, -0.1) is 0 Å². The van der Waals surface area contributed by atoms with E-state index < -0.39 is 5.97 Å². The van der Waals surface area contributed by atoms with Crippen LogP contribution in [0.15, 0.2) is 24.3 Å². The molecule has 0 bridgehead atoms. The molecule has 2 aromatic rings. The first kappa shape index (κ1) is 20.9. The summed E-state index contributed by atoms with van der Waals surface area (Å²) in [6.07, 6.45) is 0. The number of carbonyl (C=O) groups excluding carboxylic acids is 2. The van der Waals surface area contributed by atoms with Gasteiger partial charge in [-0.05, 0) is 45.4 Å². The van der Waals surface area contributed by atoms with Gasteiger partial charge in [0.2, 0.25) is 0 Å². The van der Waals surface area contributed by atoms with E-state index in [1.165, 1.54) is 0 Å². The van der Waals surface area contributed by atoms with Crippen molar-refractivity contribution in [3.8, 4) is 5.75 Å². The zero-order chi connectivity index (χ0) is 21.1. The minimum atomic E-state index is -0.401. The van der Waals surface area contributed by atoms with Crippen LogP contribution < -0.4 is 4.90 Å². The average Bonchev–Trinajstić information content (AvgIpc) is 3.01. The van der Waals surface area contributed by atoms with Crippen LogP contribution in [0.3, 0.4) is 0 Å². The molecule has 156 valence electrons. The van der Waals surface area contributed by atoms with Crippen LogP contribution in [-0.4, -0.2) is 65.6 Å². The number of phenolic OH excluding ortho intramolecular Hbond substituents is 1. The molecular weight excluding hydrogens is 370 g/mol. The third-order valence-electron chi connectivity index (χ3n) is 5.63. The Balaban J connectivity index is 1.70. The first-order chi connectivity index (χ1) is 13.8. The average molecular weight is 399 g/mol. The largest absolute Gasteiger partial charge is 0.506 e. The number of esters is 1. The summed E-state index contributed by atoms with van der Waals surface area (Å²) in [5.41, 5.74) is 3.04. The summed E-state index contributed by atoms with van der Waals surface area (Å²) in [5.74, 6) is -0.159. The number of piperazine rings is 1. The number of carbonyl (C=O) groups is 2. The number of para-hydroxylation sites is 2. The minimum Gasteiger partial charge on any atom is -0.506 e. The molecular formula is C22H29N3O4. The van der Waals surface area contributed by atoms with Crippen molar-refractivity contribution in [1.82, 2.24) is 9.88 Å². The summed E-state index contributed by atoms with van der Waals surface area (Å²) >= 11 is 0. The van der Waals surface area contributed by atoms with Gasteiger partial charge in [0.05, 0.1) is 29.6 Å². The highest BCUT2D eigenvalue weighted by Gasteiger charge is 2.30. The van der Waals surface area contributed by atoms with E-state index in [0.29, 0.717) is 42.2 Å². The van der Waals surface area contributed by atoms with Crippen LogP contribution in [0.2, 0.25) is 0 Å². The van der Waals surface area contributed by atoms with E-state index in [4.69, 9.17) is 4.74 Å². The van der Waals surface area contributed by atoms with Gasteiger partial charge in [-0.1, -0.05) is 12.1 Å². The Hall–Kier alpha value is -2.80. The van der Waals surface area contributed by atoms with Gasteiger partial charge in [0.1, 0.15) is 5.75 Å². The van der Waals surface area contributed by atoms with E-state index in [1.54, 1.807) is 32.9 Å². The van der Waals surface area contributed by atoms with E-state index >= 15 is 0 Å². The molecule has 0 spiro atoms. The molecule has 7 nitrogen and oxygen atoms in total. The van der Waals surface area contributed by atoms with Crippen LogP contribution in [0.4, 0.5) is 5.69 Å². The van der Waals surface area contributed by atoms with Gasteiger partial charge in [0.25, 0.3) is 0 Å². The van der Waals surface area contributed by atoms with Crippen LogP contribution in [0.1, 0.15) is 46.0 Å². The number of ether oxygens (including phenoxy) is 1. The second kappa shape index (κ2) is 8.69. The number of aromatic nitrogens is 1. The molecule has 1 saturated heterocycles. The molecule has 0 unspecified atom stereocenters. The molecule has 0 amide bonds. The number of aromatic hydroxyl groups is 1. The van der Waals surface area contributed by atoms with E-state index in [9.17, 15) is 14.7 Å². The Bertz CT molecular complexity index is 897. The second-order valence-electron chi connectivity index (χ2n) is 7.40. The topological polar surface area (TPSA) is 85.9 Å². The number of rotatable bonds is 6. The third-order valence-corrected chi connectivity index (χ3v) is 5.63. The number of anilines is 1. The first-order valence-electron chi connectivity index (χ1n) is 10.0. The highest BCUT2D eigenvalue weighted by molar-refractivity contribution is 6.03. The van der Waals surface area contributed by atoms with Crippen LogP contribution in [0, 0.1) is 13.8 Å². The van der Waals surface area contributed by atoms with Gasteiger partial charge in [0.15, 0.2) is 5.78 Å². The summed E-state index contributed by atoms with van der Waals surface area (Å²) in [6, 6.07) is 6.99. The first-order valence-corrected chi connectivity index (χ1v) is 10.0. The number of Topliss-reactive ketones (excluding diaryl/α,β-unsaturated/α-hetero) is 1. The lowest BCUT2D eigenvalue weighted by molar-refractivity contribution is 0.0525. The summed E-state index contributed by atoms with van der Waals surface area (Å²) in [7, 11) is 0. The Morgan fingerprint density at radius 1 is 1.17 bits per heavy atom. The van der Waals surface area contributed by atoms with Crippen molar-refractivity contribution < 1.29 is 19.4 Å². The maximum atomic E-state index is 13.1. The molecule has 1 fully saturated rings. The Morgan fingerprint density at radius 2 is 1.83 bits per heavy atom. The maximum Gasteiger partial charge on any atom is 0.340 e. The molecule has 1 aliphatic heterocycles. The molecule has 3 rings (SSSR count). The van der Waals surface area contributed by atoms with Crippen LogP contribution in [-0.2, 0) is 4.74 Å². The monoisotopic (exact) mass is 399 g/mol. The number of nitrogens with zero attached hydrogens (tertiary/aromatic N) is 2. The minimum absolute atomic E-state index is 0.0304. The number of benzene rings is 1. The van der Waals surface area contributed by atoms with Crippen molar-refractivity contribution in [2.24, 2.45) is 0 Å². The zero-order valence-corrected chi connectivity index (χ0v) is 17.5. The number of aryl methyl sites for hydroxylation is 1. The molecule has 29 heavy (non-hydrogen) atoms. The smallest absolute Gasteiger partial charge is 0.340 e. The molecule has 1 aromatic carbocycles. The van der Waals surface area contributed by atoms with E-state index in [2.05, 4.69) is 14.8 Å². The Kier molecular flexibility index (Phi) is 6.27. The highest BCUT2D eigenvalue weighted by Crippen LogP contribution is 2.28. The Morgan fingerprint density at radius 3 is 2.45 bits per heavy atom. The predicted molar refractivity (Wildman–Crippen MR) is 112 cm³/mol. The molecule has 1 atom stereocenters. The van der Waals surface area contributed by atoms with Crippen LogP contribution in [0.25, 0.3) is 0 Å².